The van der Waals surface area contributed by atoms with Crippen LogP contribution in [0.25, 0.3) is 11.0 Å². The number of carbonyl (C=O) groups excluding carboxylic acids is 2. The number of methoxy groups -OCH3 is 2. The molecule has 0 saturated heterocycles. The van der Waals surface area contributed by atoms with Crippen LogP contribution in [0, 0.1) is 0 Å². The van der Waals surface area contributed by atoms with Crippen LogP contribution in [0.15, 0.2) is 60.7 Å². The third-order valence-corrected chi connectivity index (χ3v) is 7.79. The number of hydrogen-bond donors (Lipinski definition) is 1. The summed E-state index contributed by atoms with van der Waals surface area (Å²) in [5.41, 5.74) is 2.43. The zero-order valence-corrected chi connectivity index (χ0v) is 23.6. The highest BCUT2D eigenvalue weighted by atomic mass is 16.7. The summed E-state index contributed by atoms with van der Waals surface area (Å²) in [4.78, 5) is 30.1. The minimum atomic E-state index is -1.03. The van der Waals surface area contributed by atoms with E-state index in [1.165, 1.54) is 12.0 Å². The molecule has 3 aromatic carbocycles. The molecule has 2 heterocycles. The molecule has 1 saturated carbocycles. The Bertz CT molecular complexity index is 1600. The van der Waals surface area contributed by atoms with Gasteiger partial charge in [0.05, 0.1) is 19.7 Å². The van der Waals surface area contributed by atoms with Crippen LogP contribution in [-0.4, -0.2) is 53.9 Å². The summed E-state index contributed by atoms with van der Waals surface area (Å²) in [7, 11) is 3.09. The maximum absolute atomic E-state index is 14.4. The van der Waals surface area contributed by atoms with Crippen molar-refractivity contribution < 1.29 is 28.5 Å². The SMILES string of the molecule is COc1ccc([C@H](C(=O)NC2CCCCC2)N(C(=O)Cn2nnc3ccccc32)c2ccc3c(c2)OCO3)cc1OC. The molecule has 11 nitrogen and oxygen atoms in total. The van der Waals surface area contributed by atoms with Crippen molar-refractivity contribution in [3.05, 3.63) is 66.2 Å². The van der Waals surface area contributed by atoms with Gasteiger partial charge in [-0.3, -0.25) is 14.5 Å². The quantitative estimate of drug-likeness (QED) is 0.314. The van der Waals surface area contributed by atoms with Gasteiger partial charge in [-0.2, -0.15) is 0 Å². The van der Waals surface area contributed by atoms with Crippen LogP contribution >= 0.6 is 0 Å². The number of ether oxygens (including phenoxy) is 4. The van der Waals surface area contributed by atoms with Gasteiger partial charge in [0.25, 0.3) is 0 Å². The van der Waals surface area contributed by atoms with Gasteiger partial charge in [-0.1, -0.05) is 42.7 Å². The second-order valence-electron chi connectivity index (χ2n) is 10.4. The van der Waals surface area contributed by atoms with Crippen molar-refractivity contribution in [3.63, 3.8) is 0 Å². The van der Waals surface area contributed by atoms with Gasteiger partial charge in [0.2, 0.25) is 18.6 Å². The van der Waals surface area contributed by atoms with E-state index in [-0.39, 0.29) is 31.2 Å². The van der Waals surface area contributed by atoms with Crippen molar-refractivity contribution in [1.29, 1.82) is 0 Å². The summed E-state index contributed by atoms with van der Waals surface area (Å²) in [5.74, 6) is 1.39. The average molecular weight is 572 g/mol. The first-order valence-electron chi connectivity index (χ1n) is 14.1. The Balaban J connectivity index is 1.45. The van der Waals surface area contributed by atoms with Crippen molar-refractivity contribution in [1.82, 2.24) is 20.3 Å². The fraction of sp³-hybridized carbons (Fsp3) is 0.355. The number of anilines is 1. The summed E-state index contributed by atoms with van der Waals surface area (Å²) >= 11 is 0. The van der Waals surface area contributed by atoms with Gasteiger partial charge in [-0.25, -0.2) is 4.68 Å². The van der Waals surface area contributed by atoms with Crippen LogP contribution in [0.4, 0.5) is 5.69 Å². The molecule has 1 aliphatic heterocycles. The Morgan fingerprint density at radius 1 is 0.976 bits per heavy atom. The van der Waals surface area contributed by atoms with Crippen molar-refractivity contribution in [2.45, 2.75) is 50.7 Å². The molecule has 0 bridgehead atoms. The molecule has 2 amide bonds. The van der Waals surface area contributed by atoms with Gasteiger partial charge in [0, 0.05) is 17.8 Å². The third kappa shape index (κ3) is 5.41. The maximum Gasteiger partial charge on any atom is 0.249 e. The lowest BCUT2D eigenvalue weighted by atomic mass is 9.94. The predicted molar refractivity (Wildman–Crippen MR) is 155 cm³/mol. The zero-order chi connectivity index (χ0) is 29.1. The fourth-order valence-electron chi connectivity index (χ4n) is 5.68. The van der Waals surface area contributed by atoms with Crippen molar-refractivity contribution in [2.75, 3.05) is 25.9 Å². The predicted octanol–water partition coefficient (Wildman–Crippen LogP) is 4.40. The van der Waals surface area contributed by atoms with Gasteiger partial charge in [0.15, 0.2) is 23.0 Å². The average Bonchev–Trinajstić information content (AvgIpc) is 3.66. The summed E-state index contributed by atoms with van der Waals surface area (Å²) in [6.07, 6.45) is 5.05. The fourth-order valence-corrected chi connectivity index (χ4v) is 5.68. The first kappa shape index (κ1) is 27.4. The smallest absolute Gasteiger partial charge is 0.249 e. The molecule has 1 atom stereocenters. The van der Waals surface area contributed by atoms with E-state index in [2.05, 4.69) is 15.6 Å². The molecule has 218 valence electrons. The molecule has 1 aromatic heterocycles. The van der Waals surface area contributed by atoms with Crippen LogP contribution in [-0.2, 0) is 16.1 Å². The zero-order valence-electron chi connectivity index (χ0n) is 23.6. The van der Waals surface area contributed by atoms with E-state index < -0.39 is 6.04 Å². The Labute approximate surface area is 243 Å². The van der Waals surface area contributed by atoms with Gasteiger partial charge < -0.3 is 24.3 Å². The number of amides is 2. The topological polar surface area (TPSA) is 117 Å². The van der Waals surface area contributed by atoms with Crippen molar-refractivity contribution in [2.24, 2.45) is 0 Å². The Hall–Kier alpha value is -4.80. The standard InChI is InChI=1S/C31H33N5O6/c1-39-25-14-12-20(16-27(25)40-2)30(31(38)32-21-8-4-3-5-9-21)36(22-13-15-26-28(17-22)42-19-41-26)29(37)18-35-24-11-7-6-10-23(24)33-34-35/h6-7,10-17,21,30H,3-5,8-9,18-19H2,1-2H3,(H,32,38)/t30-/m1/s1. The number of hydrogen-bond acceptors (Lipinski definition) is 8. The summed E-state index contributed by atoms with van der Waals surface area (Å²) in [6, 6.07) is 16.9. The number of nitrogens with zero attached hydrogens (tertiary/aromatic N) is 4. The monoisotopic (exact) mass is 571 g/mol. The van der Waals surface area contributed by atoms with Gasteiger partial charge in [0.1, 0.15) is 18.1 Å². The van der Waals surface area contributed by atoms with E-state index in [4.69, 9.17) is 18.9 Å². The van der Waals surface area contributed by atoms with Crippen LogP contribution < -0.4 is 29.2 Å². The highest BCUT2D eigenvalue weighted by Crippen LogP contribution is 2.40. The molecule has 1 fully saturated rings. The summed E-state index contributed by atoms with van der Waals surface area (Å²) in [5, 5.41) is 11.7. The first-order chi connectivity index (χ1) is 20.6. The number of fused-ring (bicyclic) bond motifs is 2. The molecule has 2 aliphatic rings. The van der Waals surface area contributed by atoms with Crippen LogP contribution in [0.3, 0.4) is 0 Å². The Morgan fingerprint density at radius 2 is 1.76 bits per heavy atom. The number of benzene rings is 3. The molecule has 1 N–H and O–H groups in total. The van der Waals surface area contributed by atoms with Gasteiger partial charge in [-0.05, 0) is 54.8 Å². The lowest BCUT2D eigenvalue weighted by Crippen LogP contribution is -2.48. The van der Waals surface area contributed by atoms with Crippen molar-refractivity contribution >= 4 is 28.5 Å². The van der Waals surface area contributed by atoms with Crippen LogP contribution in [0.1, 0.15) is 43.7 Å². The Morgan fingerprint density at radius 3 is 2.57 bits per heavy atom. The molecular formula is C31H33N5O6. The molecule has 1 aliphatic carbocycles. The molecular weight excluding hydrogens is 538 g/mol. The number of nitrogens with one attached hydrogen (secondary N) is 1. The van der Waals surface area contributed by atoms with E-state index in [0.717, 1.165) is 32.1 Å². The lowest BCUT2D eigenvalue weighted by Gasteiger charge is -2.33. The van der Waals surface area contributed by atoms with Gasteiger partial charge >= 0.3 is 0 Å². The number of carbonyl (C=O) groups is 2. The number of para-hydroxylation sites is 1. The van der Waals surface area contributed by atoms with Gasteiger partial charge in [-0.15, -0.1) is 5.10 Å². The summed E-state index contributed by atoms with van der Waals surface area (Å²) < 4.78 is 23.7. The normalized spacial score (nSPS) is 15.3. The number of aromatic nitrogens is 3. The Kier molecular flexibility index (Phi) is 7.81. The summed E-state index contributed by atoms with van der Waals surface area (Å²) in [6.45, 7) is -0.0611. The molecule has 0 spiro atoms. The molecule has 0 radical (unpaired) electrons. The van der Waals surface area contributed by atoms with Crippen LogP contribution in [0.5, 0.6) is 23.0 Å². The minimum absolute atomic E-state index is 0.0295. The maximum atomic E-state index is 14.4. The molecule has 42 heavy (non-hydrogen) atoms. The highest BCUT2D eigenvalue weighted by molar-refractivity contribution is 6.02. The van der Waals surface area contributed by atoms with E-state index in [1.807, 2.05) is 24.3 Å². The molecule has 6 rings (SSSR count). The molecule has 11 heteroatoms. The second-order valence-corrected chi connectivity index (χ2v) is 10.4. The van der Waals surface area contributed by atoms with E-state index >= 15 is 0 Å². The number of rotatable bonds is 9. The largest absolute Gasteiger partial charge is 0.493 e. The molecule has 0 unspecified atom stereocenters. The first-order valence-corrected chi connectivity index (χ1v) is 14.1. The van der Waals surface area contributed by atoms with Crippen molar-refractivity contribution in [3.8, 4) is 23.0 Å². The second kappa shape index (κ2) is 12.0. The minimum Gasteiger partial charge on any atom is -0.493 e. The third-order valence-electron chi connectivity index (χ3n) is 7.79. The lowest BCUT2D eigenvalue weighted by molar-refractivity contribution is -0.127. The molecule has 4 aromatic rings. The highest BCUT2D eigenvalue weighted by Gasteiger charge is 2.36. The van der Waals surface area contributed by atoms with E-state index in [0.29, 0.717) is 45.3 Å². The van der Waals surface area contributed by atoms with Crippen LogP contribution in [0.2, 0.25) is 0 Å². The van der Waals surface area contributed by atoms with E-state index in [1.54, 1.807) is 48.2 Å². The van der Waals surface area contributed by atoms with E-state index in [9.17, 15) is 9.59 Å².